The Kier molecular flexibility index (Phi) is 8.31. The zero-order chi connectivity index (χ0) is 38.3. The van der Waals surface area contributed by atoms with Crippen molar-refractivity contribution in [3.8, 4) is 22.4 Å². The number of anilines is 1. The fourth-order valence-corrected chi connectivity index (χ4v) is 6.25. The van der Waals surface area contributed by atoms with Gasteiger partial charge in [0.05, 0.1) is 30.3 Å². The van der Waals surface area contributed by atoms with E-state index in [1.54, 1.807) is 36.4 Å². The number of halogens is 1. The van der Waals surface area contributed by atoms with Gasteiger partial charge in [-0.25, -0.2) is 4.39 Å². The number of nitrogens with zero attached hydrogens (tertiary/aromatic N) is 1. The Labute approximate surface area is 285 Å². The molecular formula is C40H47FN2O4. The lowest BCUT2D eigenvalue weighted by Crippen LogP contribution is -2.46. The fourth-order valence-electron chi connectivity index (χ4n) is 6.25. The van der Waals surface area contributed by atoms with Crippen molar-refractivity contribution >= 4 is 17.4 Å². The van der Waals surface area contributed by atoms with Crippen LogP contribution in [0.1, 0.15) is 96.6 Å². The lowest BCUT2D eigenvalue weighted by atomic mass is 9.86. The van der Waals surface area contributed by atoms with Crippen LogP contribution in [0.2, 0.25) is 0 Å². The summed E-state index contributed by atoms with van der Waals surface area (Å²) in [5.41, 5.74) is 1.63. The van der Waals surface area contributed by atoms with Gasteiger partial charge in [-0.15, -0.1) is 0 Å². The summed E-state index contributed by atoms with van der Waals surface area (Å²) in [5.74, 6) is -2.19. The molecule has 5 rings (SSSR count). The minimum atomic E-state index is -0.970. The molecule has 1 fully saturated rings. The number of carbonyl (C=O) groups excluding carboxylic acids is 2. The maximum atomic E-state index is 14.6. The van der Waals surface area contributed by atoms with Gasteiger partial charge in [0.1, 0.15) is 11.6 Å². The molecule has 1 amide bonds. The van der Waals surface area contributed by atoms with E-state index in [1.165, 1.54) is 12.1 Å². The van der Waals surface area contributed by atoms with Crippen LogP contribution in [-0.2, 0) is 20.8 Å². The number of aromatic nitrogens is 1. The van der Waals surface area contributed by atoms with Gasteiger partial charge in [0.15, 0.2) is 5.79 Å². The second-order valence-corrected chi connectivity index (χ2v) is 13.9. The zero-order valence-corrected chi connectivity index (χ0v) is 28.2. The van der Waals surface area contributed by atoms with Crippen LogP contribution in [0.3, 0.4) is 0 Å². The summed E-state index contributed by atoms with van der Waals surface area (Å²) in [5, 5.41) is 2.96. The van der Waals surface area contributed by atoms with Gasteiger partial charge in [0, 0.05) is 41.7 Å². The van der Waals surface area contributed by atoms with Gasteiger partial charge in [-0.3, -0.25) is 9.59 Å². The summed E-state index contributed by atoms with van der Waals surface area (Å²) in [6.45, 7) is 13.4. The molecule has 0 aliphatic carbocycles. The third kappa shape index (κ3) is 8.09. The van der Waals surface area contributed by atoms with Crippen molar-refractivity contribution in [2.45, 2.75) is 98.2 Å². The largest absolute Gasteiger partial charge is 0.347 e. The summed E-state index contributed by atoms with van der Waals surface area (Å²) in [6.07, 6.45) is 0.385. The molecule has 0 bridgehead atoms. The number of hydrogen-bond acceptors (Lipinski definition) is 4. The first kappa shape index (κ1) is 28.0. The first-order valence-corrected chi connectivity index (χ1v) is 16.2. The number of nitrogens with one attached hydrogen (secondary N) is 1. The molecule has 248 valence electrons. The van der Waals surface area contributed by atoms with E-state index < -0.39 is 53.1 Å². The van der Waals surface area contributed by atoms with Crippen LogP contribution >= 0.6 is 0 Å². The number of benzene rings is 3. The number of para-hydroxylation sites is 1. The second-order valence-electron chi connectivity index (χ2n) is 13.9. The maximum Gasteiger partial charge on any atom is 0.258 e. The second kappa shape index (κ2) is 14.0. The summed E-state index contributed by atoms with van der Waals surface area (Å²) < 4.78 is 72.3. The summed E-state index contributed by atoms with van der Waals surface area (Å²) in [4.78, 5) is 27.6. The molecule has 7 heteroatoms. The van der Waals surface area contributed by atoms with Crippen LogP contribution in [0.4, 0.5) is 10.1 Å². The Morgan fingerprint density at radius 2 is 1.62 bits per heavy atom. The number of ketones is 1. The van der Waals surface area contributed by atoms with Gasteiger partial charge in [-0.2, -0.15) is 0 Å². The monoisotopic (exact) mass is 643 g/mol. The Morgan fingerprint density at radius 3 is 2.23 bits per heavy atom. The fraction of sp³-hybridized carbons (Fsp3) is 0.400. The molecule has 3 aromatic carbocycles. The van der Waals surface area contributed by atoms with Crippen LogP contribution in [0.15, 0.2) is 84.8 Å². The smallest absolute Gasteiger partial charge is 0.258 e. The minimum Gasteiger partial charge on any atom is -0.347 e. The SMILES string of the molecule is [2H]c1c([2H])c([2H])c(-c2c(C(=O)Nc3ccccc3)c(C(C)C)n(CC[C@@H]3C[C@H](CC(=O)C(C)(C)C)OC(C)(C)O3)c2-c2ccc(F)cc2)c([2H])c1[2H]. The van der Waals surface area contributed by atoms with E-state index in [-0.39, 0.29) is 53.6 Å². The van der Waals surface area contributed by atoms with Crippen LogP contribution in [-0.4, -0.2) is 34.3 Å². The lowest BCUT2D eigenvalue weighted by Gasteiger charge is -2.41. The van der Waals surface area contributed by atoms with Crippen molar-refractivity contribution < 1.29 is 30.3 Å². The Bertz CT molecular complexity index is 1940. The molecule has 1 saturated heterocycles. The molecule has 1 aliphatic rings. The molecule has 0 unspecified atom stereocenters. The van der Waals surface area contributed by atoms with E-state index in [0.717, 1.165) is 0 Å². The van der Waals surface area contributed by atoms with Crippen molar-refractivity contribution in [3.05, 3.63) is 102 Å². The molecule has 1 aromatic heterocycles. The Hall–Kier alpha value is -4.07. The van der Waals surface area contributed by atoms with Gasteiger partial charge < -0.3 is 19.4 Å². The van der Waals surface area contributed by atoms with Gasteiger partial charge in [0.2, 0.25) is 0 Å². The average molecular weight is 644 g/mol. The topological polar surface area (TPSA) is 69.6 Å². The Balaban J connectivity index is 1.74. The van der Waals surface area contributed by atoms with Crippen molar-refractivity contribution in [1.82, 2.24) is 4.57 Å². The molecular weight excluding hydrogens is 591 g/mol. The highest BCUT2D eigenvalue weighted by molar-refractivity contribution is 6.12. The summed E-state index contributed by atoms with van der Waals surface area (Å²) >= 11 is 0. The highest BCUT2D eigenvalue weighted by atomic mass is 19.1. The number of ether oxygens (including phenoxy) is 2. The van der Waals surface area contributed by atoms with Crippen LogP contribution < -0.4 is 5.32 Å². The molecule has 0 saturated carbocycles. The van der Waals surface area contributed by atoms with Gasteiger partial charge in [-0.1, -0.05) is 83.0 Å². The van der Waals surface area contributed by atoms with Gasteiger partial charge in [0.25, 0.3) is 5.91 Å². The molecule has 2 atom stereocenters. The van der Waals surface area contributed by atoms with Crippen molar-refractivity contribution in [2.24, 2.45) is 5.41 Å². The summed E-state index contributed by atoms with van der Waals surface area (Å²) in [7, 11) is 0. The average Bonchev–Trinajstić information content (AvgIpc) is 3.40. The van der Waals surface area contributed by atoms with Gasteiger partial charge in [-0.05, 0) is 73.7 Å². The molecule has 47 heavy (non-hydrogen) atoms. The Morgan fingerprint density at radius 1 is 0.979 bits per heavy atom. The predicted molar refractivity (Wildman–Crippen MR) is 186 cm³/mol. The predicted octanol–water partition coefficient (Wildman–Crippen LogP) is 9.64. The third-order valence-corrected chi connectivity index (χ3v) is 8.33. The molecule has 0 spiro atoms. The van der Waals surface area contributed by atoms with Crippen molar-refractivity contribution in [2.75, 3.05) is 5.32 Å². The number of rotatable bonds is 10. The maximum absolute atomic E-state index is 14.6. The number of hydrogen-bond donors (Lipinski definition) is 1. The van der Waals surface area contributed by atoms with Crippen LogP contribution in [0.5, 0.6) is 0 Å². The quantitative estimate of drug-likeness (QED) is 0.187. The number of carbonyl (C=O) groups is 2. The number of amides is 1. The first-order chi connectivity index (χ1) is 24.3. The standard InChI is InChI=1S/C40H47FN2O4/c1-26(2)36-35(38(45)42-30-16-12-9-13-17-30)34(27-14-10-8-11-15-27)37(28-18-20-29(41)21-19-28)43(36)23-22-31-24-32(47-40(6,7)46-31)25-33(44)39(3,4)5/h8-21,26,31-32H,22-25H2,1-7H3,(H,42,45)/t31-,32-/m1/s1/i8D,10D,11D,14D,15D. The van der Waals surface area contributed by atoms with E-state index in [1.807, 2.05) is 59.1 Å². The zero-order valence-electron chi connectivity index (χ0n) is 33.2. The molecule has 1 aliphatic heterocycles. The van der Waals surface area contributed by atoms with Crippen molar-refractivity contribution in [1.29, 1.82) is 0 Å². The van der Waals surface area contributed by atoms with Crippen LogP contribution in [0, 0.1) is 11.2 Å². The van der Waals surface area contributed by atoms with E-state index in [2.05, 4.69) is 5.32 Å². The van der Waals surface area contributed by atoms with E-state index in [0.29, 0.717) is 35.5 Å². The highest BCUT2D eigenvalue weighted by Crippen LogP contribution is 2.43. The van der Waals surface area contributed by atoms with Crippen molar-refractivity contribution in [3.63, 3.8) is 0 Å². The first-order valence-electron chi connectivity index (χ1n) is 18.7. The molecule has 6 nitrogen and oxygen atoms in total. The normalized spacial score (nSPS) is 19.4. The highest BCUT2D eigenvalue weighted by Gasteiger charge is 2.38. The third-order valence-electron chi connectivity index (χ3n) is 8.33. The molecule has 0 radical (unpaired) electrons. The molecule has 4 aromatic rings. The van der Waals surface area contributed by atoms with Gasteiger partial charge >= 0.3 is 0 Å². The summed E-state index contributed by atoms with van der Waals surface area (Å²) in [6, 6.07) is 12.0. The van der Waals surface area contributed by atoms with E-state index in [4.69, 9.17) is 16.3 Å². The van der Waals surface area contributed by atoms with E-state index >= 15 is 0 Å². The minimum absolute atomic E-state index is 0.0809. The van der Waals surface area contributed by atoms with Crippen LogP contribution in [0.25, 0.3) is 22.4 Å². The van der Waals surface area contributed by atoms with E-state index in [9.17, 15) is 14.0 Å². The number of Topliss-reactive ketones (excluding diaryl/α,β-unsaturated/α-hetero) is 1. The molecule has 1 N–H and O–H groups in total. The lowest BCUT2D eigenvalue weighted by molar-refractivity contribution is -0.300. The molecule has 2 heterocycles.